The summed E-state index contributed by atoms with van der Waals surface area (Å²) in [7, 11) is 0. The van der Waals surface area contributed by atoms with Gasteiger partial charge >= 0.3 is 0 Å². The molecule has 6 nitrogen and oxygen atoms in total. The molecule has 1 atom stereocenters. The minimum atomic E-state index is 0.115. The molecular weight excluding hydrogens is 266 g/mol. The van der Waals surface area contributed by atoms with Gasteiger partial charge in [-0.05, 0) is 38.0 Å². The van der Waals surface area contributed by atoms with Gasteiger partial charge < -0.3 is 4.74 Å². The highest BCUT2D eigenvalue weighted by molar-refractivity contribution is 5.27. The average molecular weight is 289 g/mol. The van der Waals surface area contributed by atoms with Crippen LogP contribution >= 0.6 is 0 Å². The van der Waals surface area contributed by atoms with Gasteiger partial charge in [-0.25, -0.2) is 4.98 Å². The number of hydrogen-bond acceptors (Lipinski definition) is 5. The smallest absolute Gasteiger partial charge is 0.138 e. The second-order valence-electron chi connectivity index (χ2n) is 5.01. The molecule has 0 aliphatic heterocycles. The van der Waals surface area contributed by atoms with Crippen molar-refractivity contribution in [3.63, 3.8) is 0 Å². The van der Waals surface area contributed by atoms with Crippen molar-refractivity contribution in [2.75, 3.05) is 6.61 Å². The van der Waals surface area contributed by atoms with Crippen LogP contribution in [0.2, 0.25) is 0 Å². The monoisotopic (exact) mass is 289 g/mol. The van der Waals surface area contributed by atoms with Crippen molar-refractivity contribution in [2.45, 2.75) is 39.3 Å². The third-order valence-electron chi connectivity index (χ3n) is 3.38. The Bertz CT molecular complexity index is 555. The summed E-state index contributed by atoms with van der Waals surface area (Å²) in [6, 6.07) is 8.15. The normalized spacial score (nSPS) is 12.3. The fourth-order valence-electron chi connectivity index (χ4n) is 2.20. The van der Waals surface area contributed by atoms with E-state index >= 15 is 0 Å². The van der Waals surface area contributed by atoms with E-state index in [0.717, 1.165) is 31.0 Å². The number of aryl methyl sites for hydroxylation is 2. The van der Waals surface area contributed by atoms with Crippen LogP contribution in [0.25, 0.3) is 0 Å². The highest BCUT2D eigenvalue weighted by Gasteiger charge is 2.12. The van der Waals surface area contributed by atoms with E-state index in [0.29, 0.717) is 6.61 Å². The molecule has 1 aromatic carbocycles. The molecule has 0 aliphatic rings. The fraction of sp³-hybridized carbons (Fsp3) is 0.467. The number of hydrazine groups is 1. The van der Waals surface area contributed by atoms with Gasteiger partial charge in [-0.15, -0.1) is 0 Å². The first-order valence-electron chi connectivity index (χ1n) is 7.25. The van der Waals surface area contributed by atoms with Crippen molar-refractivity contribution in [3.8, 4) is 5.75 Å². The summed E-state index contributed by atoms with van der Waals surface area (Å²) in [5.41, 5.74) is 4.02. The predicted octanol–water partition coefficient (Wildman–Crippen LogP) is 1.45. The van der Waals surface area contributed by atoms with Crippen LogP contribution in [0.1, 0.15) is 24.7 Å². The van der Waals surface area contributed by atoms with Gasteiger partial charge in [0, 0.05) is 19.0 Å². The molecule has 0 saturated carbocycles. The summed E-state index contributed by atoms with van der Waals surface area (Å²) in [4.78, 5) is 4.27. The Balaban J connectivity index is 1.82. The fourth-order valence-corrected chi connectivity index (χ4v) is 2.20. The maximum atomic E-state index is 5.76. The van der Waals surface area contributed by atoms with E-state index in [1.54, 1.807) is 6.33 Å². The van der Waals surface area contributed by atoms with Gasteiger partial charge in [0.15, 0.2) is 0 Å². The number of nitrogens with zero attached hydrogens (tertiary/aromatic N) is 3. The minimum absolute atomic E-state index is 0.115. The first-order chi connectivity index (χ1) is 10.2. The highest BCUT2D eigenvalue weighted by Crippen LogP contribution is 2.13. The third kappa shape index (κ3) is 4.54. The van der Waals surface area contributed by atoms with E-state index in [1.165, 1.54) is 5.56 Å². The molecule has 1 heterocycles. The maximum absolute atomic E-state index is 5.76. The third-order valence-corrected chi connectivity index (χ3v) is 3.38. The summed E-state index contributed by atoms with van der Waals surface area (Å²) >= 11 is 0. The van der Waals surface area contributed by atoms with E-state index in [-0.39, 0.29) is 6.04 Å². The molecule has 0 spiro atoms. The maximum Gasteiger partial charge on any atom is 0.138 e. The van der Waals surface area contributed by atoms with Gasteiger partial charge in [0.2, 0.25) is 0 Å². The van der Waals surface area contributed by atoms with E-state index in [1.807, 2.05) is 29.8 Å². The lowest BCUT2D eigenvalue weighted by molar-refractivity contribution is 0.283. The first kappa shape index (κ1) is 15.5. The summed E-state index contributed by atoms with van der Waals surface area (Å²) < 4.78 is 7.64. The molecule has 2 rings (SSSR count). The SMILES string of the molecule is CCn1ncnc1CC(CCOc1cccc(C)c1)NN. The van der Waals surface area contributed by atoms with Crippen LogP contribution in [-0.4, -0.2) is 27.4 Å². The molecule has 0 aliphatic carbocycles. The van der Waals surface area contributed by atoms with Crippen molar-refractivity contribution in [2.24, 2.45) is 5.84 Å². The van der Waals surface area contributed by atoms with Crippen molar-refractivity contribution < 1.29 is 4.74 Å². The lowest BCUT2D eigenvalue weighted by Gasteiger charge is -2.16. The van der Waals surface area contributed by atoms with Crippen LogP contribution in [0.5, 0.6) is 5.75 Å². The second kappa shape index (κ2) is 7.75. The number of benzene rings is 1. The molecule has 0 fully saturated rings. The summed E-state index contributed by atoms with van der Waals surface area (Å²) in [6.45, 7) is 5.52. The average Bonchev–Trinajstić information content (AvgIpc) is 2.93. The number of nitrogens with one attached hydrogen (secondary N) is 1. The van der Waals surface area contributed by atoms with Crippen LogP contribution in [0.15, 0.2) is 30.6 Å². The Morgan fingerprint density at radius 1 is 1.43 bits per heavy atom. The lowest BCUT2D eigenvalue weighted by atomic mass is 10.1. The zero-order valence-corrected chi connectivity index (χ0v) is 12.6. The standard InChI is InChI=1S/C15H23N5O/c1-3-20-15(17-11-18-20)10-13(19-16)7-8-21-14-6-4-5-12(2)9-14/h4-6,9,11,13,19H,3,7-8,10,16H2,1-2H3. The number of rotatable bonds is 8. The van der Waals surface area contributed by atoms with Crippen LogP contribution in [0.3, 0.4) is 0 Å². The minimum Gasteiger partial charge on any atom is -0.494 e. The van der Waals surface area contributed by atoms with Crippen LogP contribution in [0.4, 0.5) is 0 Å². The van der Waals surface area contributed by atoms with E-state index in [4.69, 9.17) is 10.6 Å². The molecule has 0 radical (unpaired) electrons. The number of ether oxygens (including phenoxy) is 1. The molecule has 0 saturated heterocycles. The number of aromatic nitrogens is 3. The Kier molecular flexibility index (Phi) is 5.71. The molecule has 2 aromatic rings. The molecule has 1 unspecified atom stereocenters. The van der Waals surface area contributed by atoms with E-state index < -0.39 is 0 Å². The van der Waals surface area contributed by atoms with Gasteiger partial charge in [0.1, 0.15) is 17.9 Å². The molecule has 6 heteroatoms. The van der Waals surface area contributed by atoms with Crippen molar-refractivity contribution in [1.29, 1.82) is 0 Å². The second-order valence-corrected chi connectivity index (χ2v) is 5.01. The summed E-state index contributed by atoms with van der Waals surface area (Å²) in [5, 5.41) is 4.17. The molecule has 1 aromatic heterocycles. The Labute approximate surface area is 125 Å². The van der Waals surface area contributed by atoms with Crippen LogP contribution in [0, 0.1) is 6.92 Å². The summed E-state index contributed by atoms with van der Waals surface area (Å²) in [5.74, 6) is 7.45. The molecule has 21 heavy (non-hydrogen) atoms. The van der Waals surface area contributed by atoms with Crippen molar-refractivity contribution >= 4 is 0 Å². The van der Waals surface area contributed by atoms with Gasteiger partial charge in [-0.1, -0.05) is 12.1 Å². The van der Waals surface area contributed by atoms with Gasteiger partial charge in [0.25, 0.3) is 0 Å². The largest absolute Gasteiger partial charge is 0.494 e. The topological polar surface area (TPSA) is 78.0 Å². The Morgan fingerprint density at radius 3 is 3.00 bits per heavy atom. The van der Waals surface area contributed by atoms with Crippen LogP contribution in [-0.2, 0) is 13.0 Å². The molecule has 114 valence electrons. The summed E-state index contributed by atoms with van der Waals surface area (Å²) in [6.07, 6.45) is 3.12. The van der Waals surface area contributed by atoms with Crippen molar-refractivity contribution in [3.05, 3.63) is 42.0 Å². The van der Waals surface area contributed by atoms with E-state index in [9.17, 15) is 0 Å². The molecular formula is C15H23N5O. The lowest BCUT2D eigenvalue weighted by Crippen LogP contribution is -2.38. The van der Waals surface area contributed by atoms with E-state index in [2.05, 4.69) is 28.5 Å². The molecule has 0 amide bonds. The van der Waals surface area contributed by atoms with Crippen LogP contribution < -0.4 is 16.0 Å². The first-order valence-corrected chi connectivity index (χ1v) is 7.25. The van der Waals surface area contributed by atoms with Gasteiger partial charge in [-0.3, -0.25) is 16.0 Å². The predicted molar refractivity (Wildman–Crippen MR) is 81.8 cm³/mol. The quantitative estimate of drug-likeness (QED) is 0.568. The molecule has 0 bridgehead atoms. The zero-order chi connectivity index (χ0) is 15.1. The Morgan fingerprint density at radius 2 is 2.29 bits per heavy atom. The van der Waals surface area contributed by atoms with Gasteiger partial charge in [-0.2, -0.15) is 5.10 Å². The zero-order valence-electron chi connectivity index (χ0n) is 12.6. The van der Waals surface area contributed by atoms with Gasteiger partial charge in [0.05, 0.1) is 6.61 Å². The van der Waals surface area contributed by atoms with Crippen molar-refractivity contribution in [1.82, 2.24) is 20.2 Å². The molecule has 3 N–H and O–H groups in total. The number of hydrogen-bond donors (Lipinski definition) is 2. The number of nitrogens with two attached hydrogens (primary N) is 1. The Hall–Kier alpha value is -1.92. The highest BCUT2D eigenvalue weighted by atomic mass is 16.5.